The highest BCUT2D eigenvalue weighted by molar-refractivity contribution is 5.68. The zero-order chi connectivity index (χ0) is 16.4. The molecule has 2 saturated carbocycles. The minimum Gasteiger partial charge on any atom is -0.444 e. The van der Waals surface area contributed by atoms with Crippen LogP contribution in [-0.4, -0.2) is 29.8 Å². The van der Waals surface area contributed by atoms with Gasteiger partial charge in [0.1, 0.15) is 5.60 Å². The second kappa shape index (κ2) is 6.77. The van der Waals surface area contributed by atoms with Gasteiger partial charge in [0.25, 0.3) is 0 Å². The van der Waals surface area contributed by atoms with Crippen LogP contribution in [0.2, 0.25) is 0 Å². The summed E-state index contributed by atoms with van der Waals surface area (Å²) >= 11 is 0. The summed E-state index contributed by atoms with van der Waals surface area (Å²) in [6, 6.07) is 1.15. The second-order valence-electron chi connectivity index (χ2n) is 8.74. The molecule has 4 nitrogen and oxygen atoms in total. The summed E-state index contributed by atoms with van der Waals surface area (Å²) < 4.78 is 5.40. The van der Waals surface area contributed by atoms with Gasteiger partial charge in [-0.05, 0) is 58.3 Å². The molecule has 4 heteroatoms. The quantitative estimate of drug-likeness (QED) is 0.828. The monoisotopic (exact) mass is 310 g/mol. The van der Waals surface area contributed by atoms with E-state index in [1.165, 1.54) is 32.1 Å². The Balaban J connectivity index is 1.89. The van der Waals surface area contributed by atoms with Gasteiger partial charge in [0.05, 0.1) is 0 Å². The first-order chi connectivity index (χ1) is 10.2. The Hall–Kier alpha value is -0.770. The van der Waals surface area contributed by atoms with Crippen molar-refractivity contribution in [1.29, 1.82) is 0 Å². The maximum absolute atomic E-state index is 12.0. The van der Waals surface area contributed by atoms with Crippen LogP contribution in [0.3, 0.4) is 0 Å². The highest BCUT2D eigenvalue weighted by Crippen LogP contribution is 2.36. The molecule has 2 aliphatic rings. The van der Waals surface area contributed by atoms with Crippen LogP contribution < -0.4 is 10.6 Å². The summed E-state index contributed by atoms with van der Waals surface area (Å²) in [6.07, 6.45) is 8.29. The van der Waals surface area contributed by atoms with Crippen LogP contribution in [0.15, 0.2) is 0 Å². The van der Waals surface area contributed by atoms with Gasteiger partial charge in [0, 0.05) is 18.1 Å². The Morgan fingerprint density at radius 3 is 2.36 bits per heavy atom. The van der Waals surface area contributed by atoms with Gasteiger partial charge in [-0.3, -0.25) is 0 Å². The van der Waals surface area contributed by atoms with Gasteiger partial charge in [-0.2, -0.15) is 0 Å². The van der Waals surface area contributed by atoms with E-state index in [0.717, 1.165) is 12.8 Å². The molecule has 0 heterocycles. The number of amides is 1. The number of alkyl carbamates (subject to hydrolysis) is 1. The standard InChI is InChI=1S/C18H34N2O2/c1-17(2,3)22-16(21)20-14-10-8-9-13(14)19-15-11-6-7-12-18(15,4)5/h13-15,19H,6-12H2,1-5H3,(H,20,21). The Morgan fingerprint density at radius 1 is 1.05 bits per heavy atom. The Bertz CT molecular complexity index is 387. The highest BCUT2D eigenvalue weighted by Gasteiger charge is 2.37. The van der Waals surface area contributed by atoms with Crippen LogP contribution >= 0.6 is 0 Å². The van der Waals surface area contributed by atoms with Gasteiger partial charge in [-0.1, -0.05) is 26.7 Å². The average molecular weight is 310 g/mol. The molecule has 0 aliphatic heterocycles. The van der Waals surface area contributed by atoms with E-state index < -0.39 is 5.60 Å². The van der Waals surface area contributed by atoms with Crippen molar-refractivity contribution in [2.45, 2.75) is 103 Å². The molecule has 3 unspecified atom stereocenters. The van der Waals surface area contributed by atoms with Crippen LogP contribution in [0.25, 0.3) is 0 Å². The van der Waals surface area contributed by atoms with E-state index >= 15 is 0 Å². The SMILES string of the molecule is CC(C)(C)OC(=O)NC1CCCC1NC1CCCCC1(C)C. The number of carbonyl (C=O) groups is 1. The van der Waals surface area contributed by atoms with Crippen molar-refractivity contribution in [3.8, 4) is 0 Å². The molecule has 22 heavy (non-hydrogen) atoms. The van der Waals surface area contributed by atoms with E-state index in [2.05, 4.69) is 24.5 Å². The second-order valence-corrected chi connectivity index (χ2v) is 8.74. The first kappa shape index (κ1) is 17.6. The summed E-state index contributed by atoms with van der Waals surface area (Å²) in [7, 11) is 0. The van der Waals surface area contributed by atoms with Gasteiger partial charge in [0.2, 0.25) is 0 Å². The number of ether oxygens (including phenoxy) is 1. The maximum Gasteiger partial charge on any atom is 0.407 e. The fourth-order valence-electron chi connectivity index (χ4n) is 3.85. The van der Waals surface area contributed by atoms with E-state index in [1.807, 2.05) is 20.8 Å². The van der Waals surface area contributed by atoms with E-state index in [4.69, 9.17) is 4.74 Å². The predicted molar refractivity (Wildman–Crippen MR) is 90.0 cm³/mol. The third-order valence-electron chi connectivity index (χ3n) is 5.14. The molecule has 2 N–H and O–H groups in total. The van der Waals surface area contributed by atoms with Crippen molar-refractivity contribution in [3.05, 3.63) is 0 Å². The lowest BCUT2D eigenvalue weighted by Crippen LogP contribution is -2.54. The fourth-order valence-corrected chi connectivity index (χ4v) is 3.85. The minimum atomic E-state index is -0.434. The highest BCUT2D eigenvalue weighted by atomic mass is 16.6. The van der Waals surface area contributed by atoms with Crippen molar-refractivity contribution in [2.24, 2.45) is 5.41 Å². The molecule has 128 valence electrons. The lowest BCUT2D eigenvalue weighted by molar-refractivity contribution is 0.0491. The zero-order valence-corrected chi connectivity index (χ0v) is 15.0. The van der Waals surface area contributed by atoms with Crippen LogP contribution in [0.5, 0.6) is 0 Å². The molecular formula is C18H34N2O2. The van der Waals surface area contributed by atoms with Crippen molar-refractivity contribution in [1.82, 2.24) is 10.6 Å². The Kier molecular flexibility index (Phi) is 5.41. The van der Waals surface area contributed by atoms with Gasteiger partial charge in [-0.25, -0.2) is 4.79 Å². The average Bonchev–Trinajstić information content (AvgIpc) is 2.76. The van der Waals surface area contributed by atoms with E-state index in [9.17, 15) is 4.79 Å². The molecule has 0 radical (unpaired) electrons. The van der Waals surface area contributed by atoms with Gasteiger partial charge in [0.15, 0.2) is 0 Å². The van der Waals surface area contributed by atoms with Crippen molar-refractivity contribution in [2.75, 3.05) is 0 Å². The van der Waals surface area contributed by atoms with Crippen LogP contribution in [0, 0.1) is 5.41 Å². The summed E-state index contributed by atoms with van der Waals surface area (Å²) in [6.45, 7) is 10.5. The lowest BCUT2D eigenvalue weighted by atomic mass is 9.73. The Labute approximate surface area is 135 Å². The molecule has 3 atom stereocenters. The number of hydrogen-bond donors (Lipinski definition) is 2. The molecule has 0 aromatic heterocycles. The van der Waals surface area contributed by atoms with Crippen LogP contribution in [-0.2, 0) is 4.74 Å². The Morgan fingerprint density at radius 2 is 1.73 bits per heavy atom. The lowest BCUT2D eigenvalue weighted by Gasteiger charge is -2.41. The number of hydrogen-bond acceptors (Lipinski definition) is 3. The summed E-state index contributed by atoms with van der Waals surface area (Å²) in [5.74, 6) is 0. The number of rotatable bonds is 3. The van der Waals surface area contributed by atoms with Gasteiger partial charge < -0.3 is 15.4 Å². The van der Waals surface area contributed by atoms with Gasteiger partial charge >= 0.3 is 6.09 Å². The van der Waals surface area contributed by atoms with E-state index in [0.29, 0.717) is 17.5 Å². The maximum atomic E-state index is 12.0. The number of nitrogens with one attached hydrogen (secondary N) is 2. The minimum absolute atomic E-state index is 0.201. The van der Waals surface area contributed by atoms with Crippen molar-refractivity contribution < 1.29 is 9.53 Å². The van der Waals surface area contributed by atoms with Crippen LogP contribution in [0.4, 0.5) is 4.79 Å². The molecule has 0 spiro atoms. The molecule has 0 saturated heterocycles. The molecule has 2 aliphatic carbocycles. The fraction of sp³-hybridized carbons (Fsp3) is 0.944. The third-order valence-corrected chi connectivity index (χ3v) is 5.14. The topological polar surface area (TPSA) is 50.4 Å². The molecule has 2 rings (SSSR count). The smallest absolute Gasteiger partial charge is 0.407 e. The summed E-state index contributed by atoms with van der Waals surface area (Å²) in [5, 5.41) is 6.93. The molecule has 0 bridgehead atoms. The van der Waals surface area contributed by atoms with Crippen molar-refractivity contribution in [3.63, 3.8) is 0 Å². The molecular weight excluding hydrogens is 276 g/mol. The molecule has 0 aromatic carbocycles. The molecule has 1 amide bonds. The summed E-state index contributed by atoms with van der Waals surface area (Å²) in [4.78, 5) is 12.0. The predicted octanol–water partition coefficient (Wildman–Crippen LogP) is 3.99. The first-order valence-corrected chi connectivity index (χ1v) is 8.93. The third kappa shape index (κ3) is 4.87. The van der Waals surface area contributed by atoms with Crippen molar-refractivity contribution >= 4 is 6.09 Å². The van der Waals surface area contributed by atoms with E-state index in [1.54, 1.807) is 0 Å². The van der Waals surface area contributed by atoms with Crippen LogP contribution in [0.1, 0.15) is 79.6 Å². The number of carbonyl (C=O) groups excluding carboxylic acids is 1. The zero-order valence-electron chi connectivity index (χ0n) is 15.0. The normalized spacial score (nSPS) is 31.8. The largest absolute Gasteiger partial charge is 0.444 e. The van der Waals surface area contributed by atoms with E-state index in [-0.39, 0.29) is 12.1 Å². The van der Waals surface area contributed by atoms with Gasteiger partial charge in [-0.15, -0.1) is 0 Å². The molecule has 0 aromatic rings. The summed E-state index contributed by atoms with van der Waals surface area (Å²) in [5.41, 5.74) is -0.0751. The first-order valence-electron chi connectivity index (χ1n) is 8.93. The molecule has 2 fully saturated rings.